The predicted octanol–water partition coefficient (Wildman–Crippen LogP) is 3.55. The fourth-order valence-corrected chi connectivity index (χ4v) is 2.31. The van der Waals surface area contributed by atoms with Gasteiger partial charge in [0.15, 0.2) is 29.7 Å². The van der Waals surface area contributed by atoms with E-state index in [9.17, 15) is 4.79 Å². The van der Waals surface area contributed by atoms with Gasteiger partial charge < -0.3 is 20.1 Å². The lowest BCUT2D eigenvalue weighted by Crippen LogP contribution is -2.21. The molecule has 0 saturated carbocycles. The predicted molar refractivity (Wildman–Crippen MR) is 104 cm³/mol. The van der Waals surface area contributed by atoms with Gasteiger partial charge in [0, 0.05) is 5.69 Å². The van der Waals surface area contributed by atoms with Gasteiger partial charge in [0.1, 0.15) is 0 Å². The minimum absolute atomic E-state index is 0.161. The Kier molecular flexibility index (Phi) is 5.84. The Balaban J connectivity index is 1.53. The zero-order chi connectivity index (χ0) is 19.1. The summed E-state index contributed by atoms with van der Waals surface area (Å²) in [5.74, 6) is 1.66. The number of para-hydroxylation sites is 2. The van der Waals surface area contributed by atoms with Crippen molar-refractivity contribution < 1.29 is 14.3 Å². The van der Waals surface area contributed by atoms with Gasteiger partial charge in [-0.25, -0.2) is 0 Å². The molecule has 7 nitrogen and oxygen atoms in total. The molecule has 0 aliphatic heterocycles. The van der Waals surface area contributed by atoms with Crippen LogP contribution in [0.5, 0.6) is 11.5 Å². The molecular formula is C20H20N4O3. The molecule has 1 amide bonds. The van der Waals surface area contributed by atoms with Crippen molar-refractivity contribution in [3.8, 4) is 11.5 Å². The summed E-state index contributed by atoms with van der Waals surface area (Å²) in [6.45, 7) is 1.87. The van der Waals surface area contributed by atoms with Gasteiger partial charge >= 0.3 is 0 Å². The van der Waals surface area contributed by atoms with E-state index in [1.54, 1.807) is 37.4 Å². The van der Waals surface area contributed by atoms with E-state index in [2.05, 4.69) is 20.8 Å². The second kappa shape index (κ2) is 8.66. The molecule has 1 aromatic heterocycles. The van der Waals surface area contributed by atoms with Gasteiger partial charge in [-0.15, -0.1) is 10.2 Å². The fourth-order valence-electron chi connectivity index (χ4n) is 2.31. The average Bonchev–Trinajstić information content (AvgIpc) is 2.70. The molecule has 138 valence electrons. The number of ether oxygens (including phenoxy) is 2. The number of aromatic nitrogens is 2. The summed E-state index contributed by atoms with van der Waals surface area (Å²) < 4.78 is 10.7. The molecule has 2 aromatic carbocycles. The van der Waals surface area contributed by atoms with Crippen molar-refractivity contribution in [2.75, 3.05) is 24.4 Å². The third kappa shape index (κ3) is 5.18. The van der Waals surface area contributed by atoms with Crippen molar-refractivity contribution in [2.45, 2.75) is 6.92 Å². The van der Waals surface area contributed by atoms with Gasteiger partial charge in [0.25, 0.3) is 5.91 Å². The molecule has 7 heteroatoms. The molecule has 3 rings (SSSR count). The first-order chi connectivity index (χ1) is 13.1. The molecule has 0 bridgehead atoms. The summed E-state index contributed by atoms with van der Waals surface area (Å²) in [5.41, 5.74) is 2.09. The Morgan fingerprint density at radius 3 is 2.26 bits per heavy atom. The first kappa shape index (κ1) is 18.2. The smallest absolute Gasteiger partial charge is 0.263 e. The van der Waals surface area contributed by atoms with Gasteiger partial charge in [0.05, 0.1) is 7.11 Å². The lowest BCUT2D eigenvalue weighted by atomic mass is 10.2. The van der Waals surface area contributed by atoms with E-state index in [4.69, 9.17) is 9.47 Å². The van der Waals surface area contributed by atoms with Crippen molar-refractivity contribution in [1.29, 1.82) is 0 Å². The number of aryl methyl sites for hydroxylation is 1. The molecule has 0 aliphatic rings. The quantitative estimate of drug-likeness (QED) is 0.667. The van der Waals surface area contributed by atoms with Crippen LogP contribution in [-0.4, -0.2) is 29.8 Å². The number of amides is 1. The Morgan fingerprint density at radius 1 is 0.926 bits per heavy atom. The van der Waals surface area contributed by atoms with Crippen LogP contribution in [-0.2, 0) is 4.79 Å². The third-order valence-electron chi connectivity index (χ3n) is 3.68. The lowest BCUT2D eigenvalue weighted by molar-refractivity contribution is -0.118. The van der Waals surface area contributed by atoms with Crippen molar-refractivity contribution in [1.82, 2.24) is 10.2 Å². The van der Waals surface area contributed by atoms with E-state index in [0.29, 0.717) is 23.1 Å². The highest BCUT2D eigenvalue weighted by Crippen LogP contribution is 2.25. The van der Waals surface area contributed by atoms with Gasteiger partial charge in [-0.3, -0.25) is 4.79 Å². The van der Waals surface area contributed by atoms with E-state index in [1.807, 2.05) is 37.3 Å². The van der Waals surface area contributed by atoms with Crippen LogP contribution in [0.3, 0.4) is 0 Å². The largest absolute Gasteiger partial charge is 0.493 e. The number of methoxy groups -OCH3 is 1. The maximum Gasteiger partial charge on any atom is 0.263 e. The van der Waals surface area contributed by atoms with E-state index in [1.165, 1.54) is 5.56 Å². The highest BCUT2D eigenvalue weighted by molar-refractivity contribution is 5.91. The summed E-state index contributed by atoms with van der Waals surface area (Å²) in [6.07, 6.45) is 0. The van der Waals surface area contributed by atoms with Crippen LogP contribution in [0.2, 0.25) is 0 Å². The Hall–Kier alpha value is -3.61. The Morgan fingerprint density at radius 2 is 1.59 bits per heavy atom. The SMILES string of the molecule is COc1ccccc1OCC(=O)Nc1ccc(Nc2ccc(C)cc2)nn1. The summed E-state index contributed by atoms with van der Waals surface area (Å²) >= 11 is 0. The molecular weight excluding hydrogens is 344 g/mol. The topological polar surface area (TPSA) is 85.4 Å². The van der Waals surface area contributed by atoms with Gasteiger partial charge in [-0.1, -0.05) is 29.8 Å². The second-order valence-corrected chi connectivity index (χ2v) is 5.78. The highest BCUT2D eigenvalue weighted by Gasteiger charge is 2.08. The zero-order valence-corrected chi connectivity index (χ0v) is 15.1. The molecule has 2 N–H and O–H groups in total. The number of carbonyl (C=O) groups excluding carboxylic acids is 1. The van der Waals surface area contributed by atoms with E-state index < -0.39 is 0 Å². The monoisotopic (exact) mass is 364 g/mol. The number of nitrogens with one attached hydrogen (secondary N) is 2. The molecule has 1 heterocycles. The van der Waals surface area contributed by atoms with Crippen LogP contribution < -0.4 is 20.1 Å². The van der Waals surface area contributed by atoms with Crippen molar-refractivity contribution in [3.63, 3.8) is 0 Å². The highest BCUT2D eigenvalue weighted by atomic mass is 16.5. The minimum Gasteiger partial charge on any atom is -0.493 e. The van der Waals surface area contributed by atoms with E-state index in [0.717, 1.165) is 5.69 Å². The molecule has 0 aliphatic carbocycles. The average molecular weight is 364 g/mol. The van der Waals surface area contributed by atoms with E-state index >= 15 is 0 Å². The lowest BCUT2D eigenvalue weighted by Gasteiger charge is -2.10. The molecule has 0 fully saturated rings. The maximum absolute atomic E-state index is 12.0. The first-order valence-corrected chi connectivity index (χ1v) is 8.37. The van der Waals surface area contributed by atoms with Crippen LogP contribution in [0.25, 0.3) is 0 Å². The van der Waals surface area contributed by atoms with Gasteiger partial charge in [0.2, 0.25) is 0 Å². The number of hydrogen-bond donors (Lipinski definition) is 2. The summed E-state index contributed by atoms with van der Waals surface area (Å²) in [7, 11) is 1.55. The second-order valence-electron chi connectivity index (χ2n) is 5.78. The minimum atomic E-state index is -0.338. The van der Waals surface area contributed by atoms with Crippen molar-refractivity contribution >= 4 is 23.2 Å². The normalized spacial score (nSPS) is 10.1. The number of hydrogen-bond acceptors (Lipinski definition) is 6. The summed E-state index contributed by atoms with van der Waals surface area (Å²) in [4.78, 5) is 12.0. The number of anilines is 3. The number of nitrogens with zero attached hydrogens (tertiary/aromatic N) is 2. The molecule has 0 radical (unpaired) electrons. The molecule has 0 saturated heterocycles. The zero-order valence-electron chi connectivity index (χ0n) is 15.1. The van der Waals surface area contributed by atoms with Crippen LogP contribution in [0.1, 0.15) is 5.56 Å². The fraction of sp³-hybridized carbons (Fsp3) is 0.150. The molecule has 0 spiro atoms. The summed E-state index contributed by atoms with van der Waals surface area (Å²) in [6, 6.07) is 18.5. The Labute approximate surface area is 157 Å². The van der Waals surface area contributed by atoms with Crippen LogP contribution in [0.15, 0.2) is 60.7 Å². The number of carbonyl (C=O) groups is 1. The number of rotatable bonds is 7. The van der Waals surface area contributed by atoms with E-state index in [-0.39, 0.29) is 12.5 Å². The number of benzene rings is 2. The molecule has 0 unspecified atom stereocenters. The van der Waals surface area contributed by atoms with Gasteiger partial charge in [-0.05, 0) is 43.3 Å². The van der Waals surface area contributed by atoms with Crippen molar-refractivity contribution in [2.24, 2.45) is 0 Å². The first-order valence-electron chi connectivity index (χ1n) is 8.37. The third-order valence-corrected chi connectivity index (χ3v) is 3.68. The van der Waals surface area contributed by atoms with Crippen LogP contribution in [0.4, 0.5) is 17.3 Å². The Bertz CT molecular complexity index is 896. The van der Waals surface area contributed by atoms with Gasteiger partial charge in [-0.2, -0.15) is 0 Å². The van der Waals surface area contributed by atoms with Crippen LogP contribution >= 0.6 is 0 Å². The molecule has 27 heavy (non-hydrogen) atoms. The maximum atomic E-state index is 12.0. The summed E-state index contributed by atoms with van der Waals surface area (Å²) in [5, 5.41) is 13.8. The van der Waals surface area contributed by atoms with Crippen molar-refractivity contribution in [3.05, 3.63) is 66.2 Å². The van der Waals surface area contributed by atoms with Crippen LogP contribution in [0, 0.1) is 6.92 Å². The molecule has 3 aromatic rings. The molecule has 0 atom stereocenters. The standard InChI is InChI=1S/C20H20N4O3/c1-14-7-9-15(10-8-14)21-18-11-12-19(24-23-18)22-20(25)13-27-17-6-4-3-5-16(17)26-2/h3-12H,13H2,1-2H3,(H,21,23)(H,22,24,25).